The molecule has 90 valence electrons. The number of ether oxygens (including phenoxy) is 1. The predicted molar refractivity (Wildman–Crippen MR) is 70.6 cm³/mol. The molecule has 0 spiro atoms. The highest BCUT2D eigenvalue weighted by molar-refractivity contribution is 7.10. The van der Waals surface area contributed by atoms with Gasteiger partial charge >= 0.3 is 0 Å². The van der Waals surface area contributed by atoms with Gasteiger partial charge in [0.25, 0.3) is 0 Å². The van der Waals surface area contributed by atoms with Crippen LogP contribution in [0.4, 0.5) is 0 Å². The van der Waals surface area contributed by atoms with E-state index in [2.05, 4.69) is 0 Å². The summed E-state index contributed by atoms with van der Waals surface area (Å²) in [7, 11) is 1.68. The van der Waals surface area contributed by atoms with Crippen LogP contribution in [0.2, 0.25) is 0 Å². The van der Waals surface area contributed by atoms with Gasteiger partial charge in [0.05, 0.1) is 13.2 Å². The number of methoxy groups -OCH3 is 1. The van der Waals surface area contributed by atoms with E-state index >= 15 is 0 Å². The highest BCUT2D eigenvalue weighted by atomic mass is 32.1. The molecule has 1 N–H and O–H groups in total. The molecule has 2 aromatic rings. The van der Waals surface area contributed by atoms with Gasteiger partial charge in [-0.3, -0.25) is 0 Å². The van der Waals surface area contributed by atoms with Crippen LogP contribution in [0, 0.1) is 0 Å². The lowest BCUT2D eigenvalue weighted by atomic mass is 10.1. The predicted octanol–water partition coefficient (Wildman–Crippen LogP) is 3.42. The molecule has 1 heterocycles. The van der Waals surface area contributed by atoms with E-state index in [4.69, 9.17) is 4.74 Å². The van der Waals surface area contributed by atoms with Crippen LogP contribution >= 0.6 is 11.3 Å². The Morgan fingerprint density at radius 2 is 2.06 bits per heavy atom. The fraction of sp³-hybridized carbons (Fsp3) is 0.286. The summed E-state index contributed by atoms with van der Waals surface area (Å²) in [4.78, 5) is 1.03. The Balaban J connectivity index is 1.98. The molecule has 0 fully saturated rings. The molecule has 17 heavy (non-hydrogen) atoms. The van der Waals surface area contributed by atoms with E-state index < -0.39 is 0 Å². The average molecular weight is 248 g/mol. The van der Waals surface area contributed by atoms with Crippen LogP contribution in [-0.2, 0) is 6.42 Å². The van der Waals surface area contributed by atoms with Crippen LogP contribution in [-0.4, -0.2) is 12.2 Å². The maximum atomic E-state index is 10.0. The molecule has 3 heteroatoms. The topological polar surface area (TPSA) is 29.5 Å². The first-order chi connectivity index (χ1) is 8.31. The second kappa shape index (κ2) is 5.84. The first-order valence-corrected chi connectivity index (χ1v) is 6.52. The molecule has 0 radical (unpaired) electrons. The summed E-state index contributed by atoms with van der Waals surface area (Å²) in [6.07, 6.45) is 1.17. The Hall–Kier alpha value is -1.32. The zero-order valence-corrected chi connectivity index (χ0v) is 10.6. The third-order valence-corrected chi connectivity index (χ3v) is 3.72. The van der Waals surface area contributed by atoms with E-state index in [1.807, 2.05) is 41.8 Å². The van der Waals surface area contributed by atoms with Gasteiger partial charge < -0.3 is 9.84 Å². The summed E-state index contributed by atoms with van der Waals surface area (Å²) in [5.74, 6) is 0.894. The van der Waals surface area contributed by atoms with Crippen LogP contribution in [0.15, 0.2) is 41.8 Å². The molecular formula is C14H16O2S. The van der Waals surface area contributed by atoms with Gasteiger partial charge in [-0.2, -0.15) is 0 Å². The van der Waals surface area contributed by atoms with Gasteiger partial charge in [0, 0.05) is 4.88 Å². The summed E-state index contributed by atoms with van der Waals surface area (Å²) in [5, 5.41) is 12.0. The highest BCUT2D eigenvalue weighted by Gasteiger charge is 2.10. The van der Waals surface area contributed by atoms with Crippen molar-refractivity contribution < 1.29 is 9.84 Å². The Labute approximate surface area is 105 Å². The van der Waals surface area contributed by atoms with E-state index in [9.17, 15) is 5.11 Å². The minimum absolute atomic E-state index is 0.375. The largest absolute Gasteiger partial charge is 0.496 e. The number of hydrogen-bond donors (Lipinski definition) is 1. The van der Waals surface area contributed by atoms with E-state index in [0.29, 0.717) is 0 Å². The molecule has 0 bridgehead atoms. The molecule has 1 aromatic carbocycles. The third kappa shape index (κ3) is 3.08. The molecule has 0 unspecified atom stereocenters. The zero-order chi connectivity index (χ0) is 12.1. The number of para-hydroxylation sites is 1. The molecule has 0 aliphatic heterocycles. The highest BCUT2D eigenvalue weighted by Crippen LogP contribution is 2.26. The summed E-state index contributed by atoms with van der Waals surface area (Å²) < 4.78 is 5.29. The standard InChI is InChI=1S/C14H16O2S/c1-16-13-6-3-2-5-11(13)8-9-12(15)14-7-4-10-17-14/h2-7,10,12,15H,8-9H2,1H3/t12-/m1/s1. The smallest absolute Gasteiger partial charge is 0.122 e. The van der Waals surface area contributed by atoms with Crippen molar-refractivity contribution in [3.05, 3.63) is 52.2 Å². The molecule has 0 amide bonds. The fourth-order valence-electron chi connectivity index (χ4n) is 1.82. The molecule has 0 saturated heterocycles. The normalized spacial score (nSPS) is 12.4. The van der Waals surface area contributed by atoms with Gasteiger partial charge in [-0.1, -0.05) is 24.3 Å². The van der Waals surface area contributed by atoms with Crippen LogP contribution in [0.5, 0.6) is 5.75 Å². The lowest BCUT2D eigenvalue weighted by Crippen LogP contribution is -1.99. The zero-order valence-electron chi connectivity index (χ0n) is 9.80. The Morgan fingerprint density at radius 3 is 2.76 bits per heavy atom. The van der Waals surface area contributed by atoms with Crippen molar-refractivity contribution in [3.63, 3.8) is 0 Å². The van der Waals surface area contributed by atoms with E-state index in [-0.39, 0.29) is 6.10 Å². The van der Waals surface area contributed by atoms with Gasteiger partial charge in [-0.15, -0.1) is 11.3 Å². The summed E-state index contributed by atoms with van der Waals surface area (Å²) in [6, 6.07) is 11.9. The number of rotatable bonds is 5. The van der Waals surface area contributed by atoms with E-state index in [1.165, 1.54) is 0 Å². The number of aliphatic hydroxyl groups excluding tert-OH is 1. The summed E-state index contributed by atoms with van der Waals surface area (Å²) >= 11 is 1.59. The number of aliphatic hydroxyl groups is 1. The van der Waals surface area contributed by atoms with E-state index in [0.717, 1.165) is 29.0 Å². The quantitative estimate of drug-likeness (QED) is 0.878. The van der Waals surface area contributed by atoms with Gasteiger partial charge in [0.2, 0.25) is 0 Å². The van der Waals surface area contributed by atoms with Crippen molar-refractivity contribution in [2.75, 3.05) is 7.11 Å². The second-order valence-electron chi connectivity index (χ2n) is 3.88. The molecule has 0 aliphatic carbocycles. The van der Waals surface area contributed by atoms with Crippen molar-refractivity contribution in [1.82, 2.24) is 0 Å². The number of hydrogen-bond acceptors (Lipinski definition) is 3. The molecule has 0 aliphatic rings. The average Bonchev–Trinajstić information content (AvgIpc) is 2.90. The first-order valence-electron chi connectivity index (χ1n) is 5.64. The minimum atomic E-state index is -0.375. The second-order valence-corrected chi connectivity index (χ2v) is 4.86. The van der Waals surface area contributed by atoms with Crippen molar-refractivity contribution in [2.24, 2.45) is 0 Å². The van der Waals surface area contributed by atoms with Crippen LogP contribution < -0.4 is 4.74 Å². The SMILES string of the molecule is COc1ccccc1CC[C@@H](O)c1cccs1. The van der Waals surface area contributed by atoms with E-state index in [1.54, 1.807) is 18.4 Å². The van der Waals surface area contributed by atoms with Gasteiger partial charge in [-0.25, -0.2) is 0 Å². The maximum Gasteiger partial charge on any atom is 0.122 e. The summed E-state index contributed by atoms with van der Waals surface area (Å²) in [5.41, 5.74) is 1.14. The molecule has 1 aromatic heterocycles. The molecule has 2 rings (SSSR count). The molecule has 0 saturated carbocycles. The third-order valence-electron chi connectivity index (χ3n) is 2.75. The lowest BCUT2D eigenvalue weighted by molar-refractivity contribution is 0.171. The Morgan fingerprint density at radius 1 is 1.24 bits per heavy atom. The Bertz CT molecular complexity index is 451. The van der Waals surface area contributed by atoms with Crippen LogP contribution in [0.1, 0.15) is 23.0 Å². The fourth-order valence-corrected chi connectivity index (χ4v) is 2.57. The maximum absolute atomic E-state index is 10.0. The van der Waals surface area contributed by atoms with Gasteiger partial charge in [0.15, 0.2) is 0 Å². The Kier molecular flexibility index (Phi) is 4.18. The van der Waals surface area contributed by atoms with Crippen molar-refractivity contribution >= 4 is 11.3 Å². The number of thiophene rings is 1. The molecule has 2 nitrogen and oxygen atoms in total. The summed E-state index contributed by atoms with van der Waals surface area (Å²) in [6.45, 7) is 0. The van der Waals surface area contributed by atoms with Crippen molar-refractivity contribution in [2.45, 2.75) is 18.9 Å². The van der Waals surface area contributed by atoms with Crippen molar-refractivity contribution in [3.8, 4) is 5.75 Å². The van der Waals surface area contributed by atoms with Crippen molar-refractivity contribution in [1.29, 1.82) is 0 Å². The molecule has 1 atom stereocenters. The monoisotopic (exact) mass is 248 g/mol. The minimum Gasteiger partial charge on any atom is -0.496 e. The number of benzene rings is 1. The first kappa shape index (κ1) is 12.1. The lowest BCUT2D eigenvalue weighted by Gasteiger charge is -2.11. The van der Waals surface area contributed by atoms with Crippen LogP contribution in [0.3, 0.4) is 0 Å². The van der Waals surface area contributed by atoms with Gasteiger partial charge in [0.1, 0.15) is 5.75 Å². The van der Waals surface area contributed by atoms with Crippen LogP contribution in [0.25, 0.3) is 0 Å². The number of aryl methyl sites for hydroxylation is 1. The van der Waals surface area contributed by atoms with Gasteiger partial charge in [-0.05, 0) is 35.9 Å². The molecular weight excluding hydrogens is 232 g/mol.